The van der Waals surface area contributed by atoms with Crippen molar-refractivity contribution < 1.29 is 19.4 Å². The molecule has 0 fully saturated rings. The van der Waals surface area contributed by atoms with E-state index in [1.54, 1.807) is 13.2 Å². The number of ether oxygens (including phenoxy) is 2. The Morgan fingerprint density at radius 3 is 2.67 bits per heavy atom. The quantitative estimate of drug-likeness (QED) is 0.874. The van der Waals surface area contributed by atoms with Crippen LogP contribution in [0.3, 0.4) is 0 Å². The molecule has 0 saturated heterocycles. The van der Waals surface area contributed by atoms with E-state index in [2.05, 4.69) is 9.97 Å². The number of carboxylic acids is 1. The summed E-state index contributed by atoms with van der Waals surface area (Å²) in [5, 5.41) is 9.47. The standard InChI is InChI=1S/C15H16N2O4/c1-20-13-6-4-3-5-10(13)7-11(15(18)19)12-8-16-9-14(17-12)21-2/h3-6,8-9,11H,7H2,1-2H3,(H,18,19). The summed E-state index contributed by atoms with van der Waals surface area (Å²) >= 11 is 0. The Morgan fingerprint density at radius 2 is 2.00 bits per heavy atom. The number of aromatic nitrogens is 2. The largest absolute Gasteiger partial charge is 0.496 e. The molecule has 0 spiro atoms. The molecule has 6 heteroatoms. The van der Waals surface area contributed by atoms with Crippen LogP contribution in [0, 0.1) is 0 Å². The van der Waals surface area contributed by atoms with Crippen LogP contribution in [0.5, 0.6) is 11.6 Å². The van der Waals surface area contributed by atoms with Crippen molar-refractivity contribution in [2.75, 3.05) is 14.2 Å². The highest BCUT2D eigenvalue weighted by molar-refractivity contribution is 5.76. The summed E-state index contributed by atoms with van der Waals surface area (Å²) in [7, 11) is 3.02. The average molecular weight is 288 g/mol. The van der Waals surface area contributed by atoms with Crippen molar-refractivity contribution in [2.45, 2.75) is 12.3 Å². The van der Waals surface area contributed by atoms with Crippen LogP contribution < -0.4 is 9.47 Å². The highest BCUT2D eigenvalue weighted by Gasteiger charge is 2.24. The number of carboxylic acid groups (broad SMARTS) is 1. The number of benzene rings is 1. The Kier molecular flexibility index (Phi) is 4.71. The molecule has 0 aliphatic carbocycles. The van der Waals surface area contributed by atoms with Crippen LogP contribution in [0.4, 0.5) is 0 Å². The van der Waals surface area contributed by atoms with Crippen LogP contribution >= 0.6 is 0 Å². The second-order valence-corrected chi connectivity index (χ2v) is 4.39. The zero-order chi connectivity index (χ0) is 15.2. The molecule has 1 aromatic heterocycles. The van der Waals surface area contributed by atoms with Gasteiger partial charge in [-0.2, -0.15) is 0 Å². The molecular formula is C15H16N2O4. The van der Waals surface area contributed by atoms with Crippen LogP contribution in [0.15, 0.2) is 36.7 Å². The van der Waals surface area contributed by atoms with Crippen molar-refractivity contribution in [1.82, 2.24) is 9.97 Å². The molecule has 0 radical (unpaired) electrons. The summed E-state index contributed by atoms with van der Waals surface area (Å²) in [6, 6.07) is 7.31. The lowest BCUT2D eigenvalue weighted by atomic mass is 9.96. The van der Waals surface area contributed by atoms with Crippen LogP contribution in [0.1, 0.15) is 17.2 Å². The summed E-state index contributed by atoms with van der Waals surface area (Å²) in [4.78, 5) is 19.7. The molecule has 0 bridgehead atoms. The first-order chi connectivity index (χ1) is 10.2. The number of nitrogens with zero attached hydrogens (tertiary/aromatic N) is 2. The van der Waals surface area contributed by atoms with Crippen molar-refractivity contribution in [3.8, 4) is 11.6 Å². The number of methoxy groups -OCH3 is 2. The van der Waals surface area contributed by atoms with Gasteiger partial charge in [-0.1, -0.05) is 18.2 Å². The van der Waals surface area contributed by atoms with E-state index in [1.807, 2.05) is 18.2 Å². The Labute approximate surface area is 122 Å². The summed E-state index contributed by atoms with van der Waals surface area (Å²) < 4.78 is 10.2. The predicted octanol–water partition coefficient (Wildman–Crippen LogP) is 1.90. The molecule has 6 nitrogen and oxygen atoms in total. The van der Waals surface area contributed by atoms with Crippen molar-refractivity contribution in [3.63, 3.8) is 0 Å². The molecule has 21 heavy (non-hydrogen) atoms. The molecule has 1 atom stereocenters. The molecule has 1 heterocycles. The Balaban J connectivity index is 2.33. The molecule has 1 unspecified atom stereocenters. The van der Waals surface area contributed by atoms with Gasteiger partial charge < -0.3 is 14.6 Å². The first-order valence-corrected chi connectivity index (χ1v) is 6.36. The van der Waals surface area contributed by atoms with Crippen LogP contribution in [-0.2, 0) is 11.2 Å². The molecule has 2 aromatic rings. The number of aliphatic carboxylic acids is 1. The molecular weight excluding hydrogens is 272 g/mol. The first-order valence-electron chi connectivity index (χ1n) is 6.36. The summed E-state index contributed by atoms with van der Waals surface area (Å²) in [6.07, 6.45) is 3.14. The second kappa shape index (κ2) is 6.69. The molecule has 110 valence electrons. The molecule has 0 saturated carbocycles. The fourth-order valence-electron chi connectivity index (χ4n) is 2.04. The third-order valence-corrected chi connectivity index (χ3v) is 3.11. The lowest BCUT2D eigenvalue weighted by molar-refractivity contribution is -0.138. The zero-order valence-corrected chi connectivity index (χ0v) is 11.8. The van der Waals surface area contributed by atoms with E-state index in [-0.39, 0.29) is 6.42 Å². The topological polar surface area (TPSA) is 81.5 Å². The van der Waals surface area contributed by atoms with Gasteiger partial charge in [0, 0.05) is 6.20 Å². The van der Waals surface area contributed by atoms with E-state index >= 15 is 0 Å². The minimum Gasteiger partial charge on any atom is -0.496 e. The Bertz CT molecular complexity index is 631. The van der Waals surface area contributed by atoms with Gasteiger partial charge in [0.15, 0.2) is 0 Å². The van der Waals surface area contributed by atoms with Crippen LogP contribution in [0.2, 0.25) is 0 Å². The molecule has 1 aromatic carbocycles. The van der Waals surface area contributed by atoms with E-state index in [0.717, 1.165) is 5.56 Å². The van der Waals surface area contributed by atoms with Gasteiger partial charge in [0.05, 0.1) is 26.1 Å². The number of carbonyl (C=O) groups is 1. The van der Waals surface area contributed by atoms with Gasteiger partial charge in [-0.25, -0.2) is 4.98 Å². The number of para-hydroxylation sites is 1. The Hall–Kier alpha value is -2.63. The van der Waals surface area contributed by atoms with Crippen molar-refractivity contribution in [1.29, 1.82) is 0 Å². The van der Waals surface area contributed by atoms with E-state index in [4.69, 9.17) is 9.47 Å². The van der Waals surface area contributed by atoms with Gasteiger partial charge in [-0.05, 0) is 18.1 Å². The van der Waals surface area contributed by atoms with Gasteiger partial charge in [-0.15, -0.1) is 0 Å². The van der Waals surface area contributed by atoms with Gasteiger partial charge in [-0.3, -0.25) is 9.78 Å². The molecule has 0 aliphatic heterocycles. The third kappa shape index (κ3) is 3.47. The maximum absolute atomic E-state index is 11.6. The monoisotopic (exact) mass is 288 g/mol. The molecule has 0 aliphatic rings. The SMILES string of the molecule is COc1cncc(C(Cc2ccccc2OC)C(=O)O)n1. The molecule has 2 rings (SSSR count). The summed E-state index contributed by atoms with van der Waals surface area (Å²) in [6.45, 7) is 0. The van der Waals surface area contributed by atoms with Gasteiger partial charge >= 0.3 is 5.97 Å². The third-order valence-electron chi connectivity index (χ3n) is 3.11. The maximum atomic E-state index is 11.6. The Morgan fingerprint density at radius 1 is 1.24 bits per heavy atom. The normalized spacial score (nSPS) is 11.7. The van der Waals surface area contributed by atoms with Crippen molar-refractivity contribution >= 4 is 5.97 Å². The first kappa shape index (κ1) is 14.8. The molecule has 1 N–H and O–H groups in total. The molecule has 0 amide bonds. The van der Waals surface area contributed by atoms with Gasteiger partial charge in [0.2, 0.25) is 5.88 Å². The summed E-state index contributed by atoms with van der Waals surface area (Å²) in [5.74, 6) is -0.842. The average Bonchev–Trinajstić information content (AvgIpc) is 2.52. The zero-order valence-electron chi connectivity index (χ0n) is 11.8. The van der Waals surface area contributed by atoms with E-state index < -0.39 is 11.9 Å². The fourth-order valence-corrected chi connectivity index (χ4v) is 2.04. The van der Waals surface area contributed by atoms with Crippen LogP contribution in [0.25, 0.3) is 0 Å². The fraction of sp³-hybridized carbons (Fsp3) is 0.267. The van der Waals surface area contributed by atoms with E-state index in [0.29, 0.717) is 17.3 Å². The lowest BCUT2D eigenvalue weighted by Crippen LogP contribution is -2.17. The second-order valence-electron chi connectivity index (χ2n) is 4.39. The van der Waals surface area contributed by atoms with E-state index in [9.17, 15) is 9.90 Å². The number of hydrogen-bond acceptors (Lipinski definition) is 5. The van der Waals surface area contributed by atoms with E-state index in [1.165, 1.54) is 19.5 Å². The minimum absolute atomic E-state index is 0.265. The lowest BCUT2D eigenvalue weighted by Gasteiger charge is -2.14. The highest BCUT2D eigenvalue weighted by Crippen LogP contribution is 2.26. The van der Waals surface area contributed by atoms with Gasteiger partial charge in [0.1, 0.15) is 11.7 Å². The van der Waals surface area contributed by atoms with Gasteiger partial charge in [0.25, 0.3) is 0 Å². The number of rotatable bonds is 6. The van der Waals surface area contributed by atoms with Crippen molar-refractivity contribution in [2.24, 2.45) is 0 Å². The smallest absolute Gasteiger partial charge is 0.312 e. The van der Waals surface area contributed by atoms with Crippen LogP contribution in [-0.4, -0.2) is 35.3 Å². The van der Waals surface area contributed by atoms with Crippen molar-refractivity contribution in [3.05, 3.63) is 47.9 Å². The summed E-state index contributed by atoms with van der Waals surface area (Å²) in [5.41, 5.74) is 1.16. The number of hydrogen-bond donors (Lipinski definition) is 1. The maximum Gasteiger partial charge on any atom is 0.312 e. The predicted molar refractivity (Wildman–Crippen MR) is 75.7 cm³/mol. The highest BCUT2D eigenvalue weighted by atomic mass is 16.5. The minimum atomic E-state index is -0.969.